The molecule has 0 amide bonds. The molecule has 0 spiro atoms. The van der Waals surface area contributed by atoms with E-state index in [9.17, 15) is 10.4 Å². The van der Waals surface area contributed by atoms with Gasteiger partial charge < -0.3 is 19.3 Å². The summed E-state index contributed by atoms with van der Waals surface area (Å²) < 4.78 is 16.5. The van der Waals surface area contributed by atoms with E-state index in [0.29, 0.717) is 48.3 Å². The summed E-state index contributed by atoms with van der Waals surface area (Å²) in [6, 6.07) is 5.54. The van der Waals surface area contributed by atoms with Gasteiger partial charge in [-0.25, -0.2) is 0 Å². The Morgan fingerprint density at radius 2 is 2.10 bits per heavy atom. The first-order valence-electron chi connectivity index (χ1n) is 6.92. The van der Waals surface area contributed by atoms with Gasteiger partial charge in [0.25, 0.3) is 0 Å². The summed E-state index contributed by atoms with van der Waals surface area (Å²) in [6.07, 6.45) is 0.301. The molecule has 0 aliphatic carbocycles. The molecule has 21 heavy (non-hydrogen) atoms. The number of aliphatic hydroxyl groups is 1. The van der Waals surface area contributed by atoms with Crippen molar-refractivity contribution in [2.45, 2.75) is 18.9 Å². The molecule has 5 nitrogen and oxygen atoms in total. The summed E-state index contributed by atoms with van der Waals surface area (Å²) in [5.74, 6) is 1.01. The Kier molecular flexibility index (Phi) is 3.94. The molecule has 0 bridgehead atoms. The Morgan fingerprint density at radius 3 is 2.81 bits per heavy atom. The fourth-order valence-electron chi connectivity index (χ4n) is 2.67. The van der Waals surface area contributed by atoms with Gasteiger partial charge in [0, 0.05) is 13.0 Å². The van der Waals surface area contributed by atoms with E-state index < -0.39 is 11.5 Å². The number of ether oxygens (including phenoxy) is 3. The SMILES string of the molecule is N#CC1(C(O)c2cc(Cl)c3c(c2)OCCCO3)CCOC1. The van der Waals surface area contributed by atoms with Gasteiger partial charge in [0.15, 0.2) is 11.5 Å². The van der Waals surface area contributed by atoms with Crippen LogP contribution in [-0.4, -0.2) is 31.5 Å². The molecule has 3 rings (SSSR count). The molecule has 1 saturated heterocycles. The second kappa shape index (κ2) is 5.72. The summed E-state index contributed by atoms with van der Waals surface area (Å²) in [5, 5.41) is 20.4. The van der Waals surface area contributed by atoms with E-state index in [-0.39, 0.29) is 6.61 Å². The third kappa shape index (κ3) is 2.55. The van der Waals surface area contributed by atoms with E-state index in [4.69, 9.17) is 25.8 Å². The van der Waals surface area contributed by atoms with Crippen molar-refractivity contribution < 1.29 is 19.3 Å². The lowest BCUT2D eigenvalue weighted by molar-refractivity contribution is 0.0502. The Labute approximate surface area is 128 Å². The molecule has 0 radical (unpaired) electrons. The van der Waals surface area contributed by atoms with Gasteiger partial charge in [-0.2, -0.15) is 5.26 Å². The van der Waals surface area contributed by atoms with Gasteiger partial charge >= 0.3 is 0 Å². The maximum absolute atomic E-state index is 10.6. The number of benzene rings is 1. The van der Waals surface area contributed by atoms with E-state index in [0.717, 1.165) is 6.42 Å². The van der Waals surface area contributed by atoms with E-state index in [2.05, 4.69) is 6.07 Å². The van der Waals surface area contributed by atoms with Crippen LogP contribution in [0.15, 0.2) is 12.1 Å². The molecule has 1 fully saturated rings. The standard InChI is InChI=1S/C15H16ClNO4/c16-11-6-10(7-12-13(11)21-4-1-3-20-12)14(18)15(8-17)2-5-19-9-15/h6-7,14,18H,1-5,9H2. The number of halogens is 1. The van der Waals surface area contributed by atoms with E-state index in [1.165, 1.54) is 0 Å². The van der Waals surface area contributed by atoms with Gasteiger partial charge in [0.05, 0.1) is 30.9 Å². The van der Waals surface area contributed by atoms with Crippen molar-refractivity contribution in [3.8, 4) is 17.6 Å². The molecule has 1 N–H and O–H groups in total. The number of hydrogen-bond donors (Lipinski definition) is 1. The molecule has 0 aromatic heterocycles. The zero-order chi connectivity index (χ0) is 14.9. The molecule has 2 aliphatic rings. The summed E-state index contributed by atoms with van der Waals surface area (Å²) in [7, 11) is 0. The van der Waals surface area contributed by atoms with Gasteiger partial charge in [-0.05, 0) is 24.1 Å². The third-order valence-electron chi connectivity index (χ3n) is 3.94. The Balaban J connectivity index is 1.97. The van der Waals surface area contributed by atoms with Gasteiger partial charge in [0.2, 0.25) is 0 Å². The second-order valence-corrected chi connectivity index (χ2v) is 5.76. The predicted molar refractivity (Wildman–Crippen MR) is 75.5 cm³/mol. The van der Waals surface area contributed by atoms with Crippen LogP contribution in [0.2, 0.25) is 5.02 Å². The average Bonchev–Trinajstić information content (AvgIpc) is 2.86. The van der Waals surface area contributed by atoms with E-state index in [1.54, 1.807) is 12.1 Å². The lowest BCUT2D eigenvalue weighted by Gasteiger charge is -2.26. The topological polar surface area (TPSA) is 71.7 Å². The summed E-state index contributed by atoms with van der Waals surface area (Å²) in [4.78, 5) is 0. The minimum absolute atomic E-state index is 0.219. The van der Waals surface area contributed by atoms with Crippen molar-refractivity contribution in [3.63, 3.8) is 0 Å². The molecular weight excluding hydrogens is 294 g/mol. The zero-order valence-electron chi connectivity index (χ0n) is 11.5. The highest BCUT2D eigenvalue weighted by atomic mass is 35.5. The quantitative estimate of drug-likeness (QED) is 0.908. The molecular formula is C15H16ClNO4. The number of fused-ring (bicyclic) bond motifs is 1. The largest absolute Gasteiger partial charge is 0.489 e. The van der Waals surface area contributed by atoms with Crippen molar-refractivity contribution in [3.05, 3.63) is 22.7 Å². The molecule has 2 heterocycles. The third-order valence-corrected chi connectivity index (χ3v) is 4.22. The minimum Gasteiger partial charge on any atom is -0.489 e. The maximum atomic E-state index is 10.6. The normalized spacial score (nSPS) is 26.0. The number of nitrogens with zero attached hydrogens (tertiary/aromatic N) is 1. The Hall–Kier alpha value is -1.48. The molecule has 2 unspecified atom stereocenters. The zero-order valence-corrected chi connectivity index (χ0v) is 12.2. The second-order valence-electron chi connectivity index (χ2n) is 5.35. The molecule has 1 aromatic carbocycles. The van der Waals surface area contributed by atoms with Gasteiger partial charge in [-0.15, -0.1) is 0 Å². The van der Waals surface area contributed by atoms with E-state index in [1.807, 2.05) is 0 Å². The Bertz CT molecular complexity index is 578. The van der Waals surface area contributed by atoms with Crippen LogP contribution in [0.25, 0.3) is 0 Å². The first-order chi connectivity index (χ1) is 10.2. The van der Waals surface area contributed by atoms with Gasteiger partial charge in [-0.1, -0.05) is 11.6 Å². The van der Waals surface area contributed by atoms with Crippen LogP contribution < -0.4 is 9.47 Å². The molecule has 0 saturated carbocycles. The van der Waals surface area contributed by atoms with Gasteiger partial charge in [0.1, 0.15) is 11.5 Å². The highest BCUT2D eigenvalue weighted by Crippen LogP contribution is 2.45. The lowest BCUT2D eigenvalue weighted by atomic mass is 9.79. The highest BCUT2D eigenvalue weighted by molar-refractivity contribution is 6.32. The van der Waals surface area contributed by atoms with Crippen molar-refractivity contribution in [2.24, 2.45) is 5.41 Å². The van der Waals surface area contributed by atoms with Crippen LogP contribution in [0.5, 0.6) is 11.5 Å². The van der Waals surface area contributed by atoms with Crippen LogP contribution >= 0.6 is 11.6 Å². The summed E-state index contributed by atoms with van der Waals surface area (Å²) >= 11 is 6.23. The van der Waals surface area contributed by atoms with Crippen LogP contribution in [0.3, 0.4) is 0 Å². The molecule has 2 aliphatic heterocycles. The van der Waals surface area contributed by atoms with Crippen molar-refractivity contribution >= 4 is 11.6 Å². The number of rotatable bonds is 2. The first kappa shape index (κ1) is 14.5. The molecule has 2 atom stereocenters. The van der Waals surface area contributed by atoms with Gasteiger partial charge in [-0.3, -0.25) is 0 Å². The number of hydrogen-bond acceptors (Lipinski definition) is 5. The summed E-state index contributed by atoms with van der Waals surface area (Å²) in [6.45, 7) is 1.78. The average molecular weight is 310 g/mol. The highest BCUT2D eigenvalue weighted by Gasteiger charge is 2.43. The Morgan fingerprint density at radius 1 is 1.29 bits per heavy atom. The number of nitriles is 1. The minimum atomic E-state index is -0.973. The predicted octanol–water partition coefficient (Wildman–Crippen LogP) is 2.46. The molecule has 1 aromatic rings. The van der Waals surface area contributed by atoms with Crippen molar-refractivity contribution in [1.82, 2.24) is 0 Å². The molecule has 112 valence electrons. The monoisotopic (exact) mass is 309 g/mol. The van der Waals surface area contributed by atoms with Crippen LogP contribution in [0.4, 0.5) is 0 Å². The summed E-state index contributed by atoms with van der Waals surface area (Å²) in [5.41, 5.74) is -0.375. The fraction of sp³-hybridized carbons (Fsp3) is 0.533. The van der Waals surface area contributed by atoms with Crippen LogP contribution in [0.1, 0.15) is 24.5 Å². The smallest absolute Gasteiger partial charge is 0.179 e. The van der Waals surface area contributed by atoms with E-state index >= 15 is 0 Å². The van der Waals surface area contributed by atoms with Crippen LogP contribution in [0, 0.1) is 16.7 Å². The van der Waals surface area contributed by atoms with Crippen molar-refractivity contribution in [1.29, 1.82) is 5.26 Å². The van der Waals surface area contributed by atoms with Crippen molar-refractivity contribution in [2.75, 3.05) is 26.4 Å². The lowest BCUT2D eigenvalue weighted by Crippen LogP contribution is -2.27. The van der Waals surface area contributed by atoms with Crippen LogP contribution in [-0.2, 0) is 4.74 Å². The molecule has 6 heteroatoms. The first-order valence-corrected chi connectivity index (χ1v) is 7.30. The fourth-order valence-corrected chi connectivity index (χ4v) is 2.95. The maximum Gasteiger partial charge on any atom is 0.179 e. The number of aliphatic hydroxyl groups excluding tert-OH is 1.